The average molecular weight is 172 g/mol. The SMILES string of the molecule is CC(C)(C)COCC1CCCO1. The van der Waals surface area contributed by atoms with Crippen LogP contribution in [0.4, 0.5) is 0 Å². The first kappa shape index (κ1) is 10.0. The summed E-state index contributed by atoms with van der Waals surface area (Å²) in [6.45, 7) is 9.07. The molecule has 1 atom stereocenters. The predicted molar refractivity (Wildman–Crippen MR) is 49.2 cm³/mol. The second-order valence-corrected chi connectivity index (χ2v) is 4.71. The van der Waals surface area contributed by atoms with Crippen LogP contribution in [0.1, 0.15) is 33.6 Å². The summed E-state index contributed by atoms with van der Waals surface area (Å²) in [6, 6.07) is 0. The molecule has 1 fully saturated rings. The highest BCUT2D eigenvalue weighted by Gasteiger charge is 2.17. The lowest BCUT2D eigenvalue weighted by molar-refractivity contribution is -0.00614. The van der Waals surface area contributed by atoms with Crippen LogP contribution in [0.25, 0.3) is 0 Å². The van der Waals surface area contributed by atoms with Gasteiger partial charge >= 0.3 is 0 Å². The summed E-state index contributed by atoms with van der Waals surface area (Å²) in [5.41, 5.74) is 0.276. The molecule has 1 aliphatic rings. The Morgan fingerprint density at radius 1 is 1.42 bits per heavy atom. The minimum atomic E-state index is 0.276. The normalized spacial score (nSPS) is 24.8. The van der Waals surface area contributed by atoms with Gasteiger partial charge in [0.15, 0.2) is 0 Å². The van der Waals surface area contributed by atoms with Crippen molar-refractivity contribution in [1.82, 2.24) is 0 Å². The molecule has 12 heavy (non-hydrogen) atoms. The van der Waals surface area contributed by atoms with Gasteiger partial charge in [-0.2, -0.15) is 0 Å². The first-order valence-electron chi connectivity index (χ1n) is 4.77. The summed E-state index contributed by atoms with van der Waals surface area (Å²) in [6.07, 6.45) is 2.74. The Morgan fingerprint density at radius 3 is 2.67 bits per heavy atom. The van der Waals surface area contributed by atoms with Crippen LogP contribution < -0.4 is 0 Å². The second kappa shape index (κ2) is 4.24. The fourth-order valence-electron chi connectivity index (χ4n) is 1.27. The Hall–Kier alpha value is -0.0800. The molecule has 0 saturated carbocycles. The maximum Gasteiger partial charge on any atom is 0.0809 e. The fourth-order valence-corrected chi connectivity index (χ4v) is 1.27. The van der Waals surface area contributed by atoms with Crippen molar-refractivity contribution in [3.8, 4) is 0 Å². The van der Waals surface area contributed by atoms with Crippen molar-refractivity contribution >= 4 is 0 Å². The van der Waals surface area contributed by atoms with Crippen molar-refractivity contribution in [2.75, 3.05) is 19.8 Å². The Kier molecular flexibility index (Phi) is 3.53. The van der Waals surface area contributed by atoms with Crippen molar-refractivity contribution in [2.24, 2.45) is 5.41 Å². The lowest BCUT2D eigenvalue weighted by atomic mass is 9.99. The van der Waals surface area contributed by atoms with Gasteiger partial charge in [-0.25, -0.2) is 0 Å². The molecule has 0 aromatic rings. The van der Waals surface area contributed by atoms with E-state index in [0.717, 1.165) is 19.8 Å². The number of hydrogen-bond donors (Lipinski definition) is 0. The first-order chi connectivity index (χ1) is 5.58. The van der Waals surface area contributed by atoms with Crippen LogP contribution in [0.5, 0.6) is 0 Å². The van der Waals surface area contributed by atoms with Crippen molar-refractivity contribution < 1.29 is 9.47 Å². The zero-order valence-corrected chi connectivity index (χ0v) is 8.43. The molecule has 0 N–H and O–H groups in total. The van der Waals surface area contributed by atoms with Gasteiger partial charge in [-0.15, -0.1) is 0 Å². The maximum absolute atomic E-state index is 5.56. The summed E-state index contributed by atoms with van der Waals surface area (Å²) in [7, 11) is 0. The van der Waals surface area contributed by atoms with Crippen molar-refractivity contribution in [2.45, 2.75) is 39.7 Å². The molecule has 0 aromatic heterocycles. The third-order valence-electron chi connectivity index (χ3n) is 1.86. The molecular weight excluding hydrogens is 152 g/mol. The minimum absolute atomic E-state index is 0.276. The molecule has 1 unspecified atom stereocenters. The van der Waals surface area contributed by atoms with Gasteiger partial charge < -0.3 is 9.47 Å². The molecule has 2 heteroatoms. The third kappa shape index (κ3) is 4.07. The molecule has 0 bridgehead atoms. The molecular formula is C10H20O2. The zero-order chi connectivity index (χ0) is 9.03. The Bertz CT molecular complexity index is 120. The van der Waals surface area contributed by atoms with E-state index in [2.05, 4.69) is 20.8 Å². The highest BCUT2D eigenvalue weighted by Crippen LogP contribution is 2.16. The third-order valence-corrected chi connectivity index (χ3v) is 1.86. The summed E-state index contributed by atoms with van der Waals surface area (Å²) >= 11 is 0. The Morgan fingerprint density at radius 2 is 2.17 bits per heavy atom. The highest BCUT2D eigenvalue weighted by atomic mass is 16.5. The quantitative estimate of drug-likeness (QED) is 0.650. The molecule has 1 saturated heterocycles. The number of hydrogen-bond acceptors (Lipinski definition) is 2. The van der Waals surface area contributed by atoms with Crippen LogP contribution in [0.15, 0.2) is 0 Å². The van der Waals surface area contributed by atoms with Crippen molar-refractivity contribution in [3.05, 3.63) is 0 Å². The van der Waals surface area contributed by atoms with Gasteiger partial charge in [-0.3, -0.25) is 0 Å². The lowest BCUT2D eigenvalue weighted by Gasteiger charge is -2.19. The summed E-state index contributed by atoms with van der Waals surface area (Å²) < 4.78 is 11.0. The zero-order valence-electron chi connectivity index (χ0n) is 8.43. The smallest absolute Gasteiger partial charge is 0.0809 e. The van der Waals surface area contributed by atoms with E-state index in [0.29, 0.717) is 6.10 Å². The monoisotopic (exact) mass is 172 g/mol. The van der Waals surface area contributed by atoms with Crippen LogP contribution in [0, 0.1) is 5.41 Å². The summed E-state index contributed by atoms with van der Waals surface area (Å²) in [5, 5.41) is 0. The van der Waals surface area contributed by atoms with Crippen LogP contribution >= 0.6 is 0 Å². The Labute approximate surface area is 75.2 Å². The molecule has 0 spiro atoms. The standard InChI is InChI=1S/C10H20O2/c1-10(2,3)8-11-7-9-5-4-6-12-9/h9H,4-8H2,1-3H3. The van der Waals surface area contributed by atoms with Gasteiger partial charge in [-0.1, -0.05) is 20.8 Å². The molecule has 1 aliphatic heterocycles. The topological polar surface area (TPSA) is 18.5 Å². The fraction of sp³-hybridized carbons (Fsp3) is 1.00. The molecule has 1 heterocycles. The van der Waals surface area contributed by atoms with E-state index in [1.54, 1.807) is 0 Å². The molecule has 0 aromatic carbocycles. The van der Waals surface area contributed by atoms with E-state index in [-0.39, 0.29) is 5.41 Å². The van der Waals surface area contributed by atoms with E-state index in [1.807, 2.05) is 0 Å². The van der Waals surface area contributed by atoms with E-state index in [1.165, 1.54) is 12.8 Å². The predicted octanol–water partition coefficient (Wildman–Crippen LogP) is 2.23. The minimum Gasteiger partial charge on any atom is -0.378 e. The van der Waals surface area contributed by atoms with Crippen LogP contribution in [0.2, 0.25) is 0 Å². The number of rotatable bonds is 3. The molecule has 2 nitrogen and oxygen atoms in total. The van der Waals surface area contributed by atoms with Crippen molar-refractivity contribution in [1.29, 1.82) is 0 Å². The van der Waals surface area contributed by atoms with E-state index in [4.69, 9.17) is 9.47 Å². The van der Waals surface area contributed by atoms with Crippen LogP contribution in [-0.4, -0.2) is 25.9 Å². The van der Waals surface area contributed by atoms with Gasteiger partial charge in [0, 0.05) is 6.61 Å². The molecule has 0 radical (unpaired) electrons. The van der Waals surface area contributed by atoms with Crippen LogP contribution in [0.3, 0.4) is 0 Å². The highest BCUT2D eigenvalue weighted by molar-refractivity contribution is 4.65. The average Bonchev–Trinajstić information content (AvgIpc) is 2.36. The van der Waals surface area contributed by atoms with Gasteiger partial charge in [0.1, 0.15) is 0 Å². The lowest BCUT2D eigenvalue weighted by Crippen LogP contribution is -2.20. The van der Waals surface area contributed by atoms with E-state index < -0.39 is 0 Å². The van der Waals surface area contributed by atoms with Gasteiger partial charge in [0.2, 0.25) is 0 Å². The van der Waals surface area contributed by atoms with Gasteiger partial charge in [0.25, 0.3) is 0 Å². The molecule has 0 aliphatic carbocycles. The molecule has 0 amide bonds. The van der Waals surface area contributed by atoms with Crippen LogP contribution in [-0.2, 0) is 9.47 Å². The summed E-state index contributed by atoms with van der Waals surface area (Å²) in [5.74, 6) is 0. The van der Waals surface area contributed by atoms with Gasteiger partial charge in [-0.05, 0) is 18.3 Å². The van der Waals surface area contributed by atoms with Gasteiger partial charge in [0.05, 0.1) is 19.3 Å². The Balaban J connectivity index is 2.02. The summed E-state index contributed by atoms with van der Waals surface area (Å²) in [4.78, 5) is 0. The second-order valence-electron chi connectivity index (χ2n) is 4.71. The van der Waals surface area contributed by atoms with Crippen molar-refractivity contribution in [3.63, 3.8) is 0 Å². The first-order valence-corrected chi connectivity index (χ1v) is 4.77. The van der Waals surface area contributed by atoms with E-state index in [9.17, 15) is 0 Å². The molecule has 72 valence electrons. The largest absolute Gasteiger partial charge is 0.378 e. The molecule has 1 rings (SSSR count). The number of ether oxygens (including phenoxy) is 2. The van der Waals surface area contributed by atoms with E-state index >= 15 is 0 Å². The maximum atomic E-state index is 5.56.